The summed E-state index contributed by atoms with van der Waals surface area (Å²) in [6.07, 6.45) is 3.77. The second kappa shape index (κ2) is 5.14. The van der Waals surface area contributed by atoms with E-state index in [1.807, 2.05) is 37.3 Å². The second-order valence-corrected chi connectivity index (χ2v) is 2.66. The summed E-state index contributed by atoms with van der Waals surface area (Å²) in [5.74, 6) is 0.128. The van der Waals surface area contributed by atoms with Crippen LogP contribution in [0.25, 0.3) is 0 Å². The third kappa shape index (κ3) is 3.56. The summed E-state index contributed by atoms with van der Waals surface area (Å²) in [6.45, 7) is 1.84. The average Bonchev–Trinajstić information content (AvgIpc) is 2.19. The molecule has 1 N–H and O–H groups in total. The summed E-state index contributed by atoms with van der Waals surface area (Å²) in [5.41, 5.74) is 0.989. The fourth-order valence-electron chi connectivity index (χ4n) is 0.883. The minimum absolute atomic E-state index is 0.128. The van der Waals surface area contributed by atoms with E-state index in [1.165, 1.54) is 0 Å². The summed E-state index contributed by atoms with van der Waals surface area (Å²) in [7, 11) is 0. The molecular formula is C11H13NO. The highest BCUT2D eigenvalue weighted by Gasteiger charge is 1.88. The van der Waals surface area contributed by atoms with Gasteiger partial charge in [0.25, 0.3) is 0 Å². The van der Waals surface area contributed by atoms with Crippen molar-refractivity contribution in [3.8, 4) is 0 Å². The van der Waals surface area contributed by atoms with Gasteiger partial charge in [0, 0.05) is 18.3 Å². The van der Waals surface area contributed by atoms with Gasteiger partial charge in [-0.1, -0.05) is 25.1 Å². The van der Waals surface area contributed by atoms with Crippen molar-refractivity contribution >= 4 is 11.5 Å². The van der Waals surface area contributed by atoms with Gasteiger partial charge in [0.1, 0.15) is 0 Å². The molecule has 0 aliphatic rings. The van der Waals surface area contributed by atoms with Crippen molar-refractivity contribution < 1.29 is 4.79 Å². The normalized spacial score (nSPS) is 10.2. The lowest BCUT2D eigenvalue weighted by atomic mass is 10.3. The summed E-state index contributed by atoms with van der Waals surface area (Å²) in [4.78, 5) is 10.9. The lowest BCUT2D eigenvalue weighted by Crippen LogP contribution is -1.91. The van der Waals surface area contributed by atoms with E-state index in [0.717, 1.165) is 5.69 Å². The van der Waals surface area contributed by atoms with Crippen molar-refractivity contribution in [1.29, 1.82) is 0 Å². The lowest BCUT2D eigenvalue weighted by Gasteiger charge is -1.97. The Bertz CT molecular complexity index is 290. The molecule has 1 aromatic carbocycles. The molecule has 0 heterocycles. The molecular weight excluding hydrogens is 162 g/mol. The number of benzene rings is 1. The fraction of sp³-hybridized carbons (Fsp3) is 0.182. The number of allylic oxidation sites excluding steroid dienone is 1. The smallest absolute Gasteiger partial charge is 0.156 e. The summed E-state index contributed by atoms with van der Waals surface area (Å²) in [6, 6.07) is 9.73. The molecule has 13 heavy (non-hydrogen) atoms. The van der Waals surface area contributed by atoms with E-state index in [-0.39, 0.29) is 5.78 Å². The van der Waals surface area contributed by atoms with Crippen LogP contribution in [0.5, 0.6) is 0 Å². The molecule has 1 aromatic rings. The third-order valence-electron chi connectivity index (χ3n) is 1.64. The van der Waals surface area contributed by atoms with Gasteiger partial charge in [0.15, 0.2) is 5.78 Å². The number of carbonyl (C=O) groups is 1. The van der Waals surface area contributed by atoms with Gasteiger partial charge < -0.3 is 5.32 Å². The number of anilines is 1. The van der Waals surface area contributed by atoms with Crippen molar-refractivity contribution in [2.24, 2.45) is 0 Å². The predicted molar refractivity (Wildman–Crippen MR) is 54.5 cm³/mol. The quantitative estimate of drug-likeness (QED) is 0.712. The number of nitrogens with one attached hydrogen (secondary N) is 1. The van der Waals surface area contributed by atoms with Crippen LogP contribution in [0.15, 0.2) is 42.6 Å². The highest BCUT2D eigenvalue weighted by Crippen LogP contribution is 2.04. The Balaban J connectivity index is 2.44. The van der Waals surface area contributed by atoms with Crippen molar-refractivity contribution in [3.05, 3.63) is 42.6 Å². The molecule has 0 atom stereocenters. The fourth-order valence-corrected chi connectivity index (χ4v) is 0.883. The van der Waals surface area contributed by atoms with Gasteiger partial charge in [-0.2, -0.15) is 0 Å². The maximum absolute atomic E-state index is 10.9. The molecule has 0 amide bonds. The van der Waals surface area contributed by atoms with E-state index < -0.39 is 0 Å². The van der Waals surface area contributed by atoms with Crippen molar-refractivity contribution in [1.82, 2.24) is 0 Å². The first-order valence-electron chi connectivity index (χ1n) is 4.34. The molecule has 0 fully saturated rings. The Morgan fingerprint density at radius 3 is 2.69 bits per heavy atom. The zero-order valence-corrected chi connectivity index (χ0v) is 7.66. The number of para-hydroxylation sites is 1. The zero-order chi connectivity index (χ0) is 9.52. The van der Waals surface area contributed by atoms with Crippen molar-refractivity contribution in [2.75, 3.05) is 5.32 Å². The number of hydrogen-bond donors (Lipinski definition) is 1. The van der Waals surface area contributed by atoms with Crippen LogP contribution in [-0.2, 0) is 4.79 Å². The molecule has 0 aromatic heterocycles. The zero-order valence-electron chi connectivity index (χ0n) is 7.66. The topological polar surface area (TPSA) is 29.1 Å². The van der Waals surface area contributed by atoms with E-state index in [9.17, 15) is 4.79 Å². The number of ketones is 1. The number of carbonyl (C=O) groups excluding carboxylic acids is 1. The van der Waals surface area contributed by atoms with E-state index in [1.54, 1.807) is 12.3 Å². The highest BCUT2D eigenvalue weighted by atomic mass is 16.1. The maximum atomic E-state index is 10.9. The molecule has 0 unspecified atom stereocenters. The molecule has 1 rings (SSSR count). The molecule has 0 saturated carbocycles. The van der Waals surface area contributed by atoms with Gasteiger partial charge in [-0.25, -0.2) is 0 Å². The van der Waals surface area contributed by atoms with Gasteiger partial charge in [0.05, 0.1) is 0 Å². The predicted octanol–water partition coefficient (Wildman–Crippen LogP) is 2.59. The highest BCUT2D eigenvalue weighted by molar-refractivity contribution is 5.89. The van der Waals surface area contributed by atoms with E-state index >= 15 is 0 Å². The molecule has 0 saturated heterocycles. The van der Waals surface area contributed by atoms with Crippen LogP contribution in [0, 0.1) is 0 Å². The second-order valence-electron chi connectivity index (χ2n) is 2.66. The Kier molecular flexibility index (Phi) is 3.76. The van der Waals surface area contributed by atoms with Crippen LogP contribution >= 0.6 is 0 Å². The number of hydrogen-bond acceptors (Lipinski definition) is 2. The van der Waals surface area contributed by atoms with Crippen LogP contribution in [-0.4, -0.2) is 5.78 Å². The molecule has 0 aliphatic heterocycles. The monoisotopic (exact) mass is 175 g/mol. The standard InChI is InChI=1S/C11H13NO/c1-2-11(13)8-9-12-10-6-4-3-5-7-10/h3-9,12H,2H2,1H3/b9-8-. The summed E-state index contributed by atoms with van der Waals surface area (Å²) in [5, 5.41) is 3.01. The van der Waals surface area contributed by atoms with Crippen LogP contribution in [0.1, 0.15) is 13.3 Å². The lowest BCUT2D eigenvalue weighted by molar-refractivity contribution is -0.114. The van der Waals surface area contributed by atoms with Crippen LogP contribution in [0.4, 0.5) is 5.69 Å². The third-order valence-corrected chi connectivity index (χ3v) is 1.64. The Morgan fingerprint density at radius 1 is 1.38 bits per heavy atom. The first-order chi connectivity index (χ1) is 6.33. The summed E-state index contributed by atoms with van der Waals surface area (Å²) >= 11 is 0. The molecule has 68 valence electrons. The molecule has 0 spiro atoms. The van der Waals surface area contributed by atoms with Gasteiger partial charge in [-0.15, -0.1) is 0 Å². The number of rotatable bonds is 4. The molecule has 0 radical (unpaired) electrons. The van der Waals surface area contributed by atoms with Crippen molar-refractivity contribution in [3.63, 3.8) is 0 Å². The van der Waals surface area contributed by atoms with Crippen LogP contribution in [0.2, 0.25) is 0 Å². The minimum Gasteiger partial charge on any atom is -0.362 e. The van der Waals surface area contributed by atoms with Gasteiger partial charge in [-0.05, 0) is 18.2 Å². The van der Waals surface area contributed by atoms with Gasteiger partial charge in [0.2, 0.25) is 0 Å². The first kappa shape index (κ1) is 9.52. The Hall–Kier alpha value is -1.57. The molecule has 0 bridgehead atoms. The van der Waals surface area contributed by atoms with Crippen molar-refractivity contribution in [2.45, 2.75) is 13.3 Å². The minimum atomic E-state index is 0.128. The average molecular weight is 175 g/mol. The molecule has 2 heteroatoms. The van der Waals surface area contributed by atoms with E-state index in [4.69, 9.17) is 0 Å². The van der Waals surface area contributed by atoms with E-state index in [0.29, 0.717) is 6.42 Å². The summed E-state index contributed by atoms with van der Waals surface area (Å²) < 4.78 is 0. The maximum Gasteiger partial charge on any atom is 0.156 e. The molecule has 2 nitrogen and oxygen atoms in total. The Morgan fingerprint density at radius 2 is 2.08 bits per heavy atom. The molecule has 0 aliphatic carbocycles. The Labute approximate surface area is 78.3 Å². The van der Waals surface area contributed by atoms with Gasteiger partial charge >= 0.3 is 0 Å². The first-order valence-corrected chi connectivity index (χ1v) is 4.34. The van der Waals surface area contributed by atoms with E-state index in [2.05, 4.69) is 5.32 Å². The van der Waals surface area contributed by atoms with Crippen LogP contribution < -0.4 is 5.32 Å². The van der Waals surface area contributed by atoms with Gasteiger partial charge in [-0.3, -0.25) is 4.79 Å². The SMILES string of the molecule is CCC(=O)/C=C\Nc1ccccc1. The van der Waals surface area contributed by atoms with Crippen LogP contribution in [0.3, 0.4) is 0 Å². The largest absolute Gasteiger partial charge is 0.362 e.